The molecule has 1 aliphatic rings. The summed E-state index contributed by atoms with van der Waals surface area (Å²) in [5.41, 5.74) is 0.288. The highest BCUT2D eigenvalue weighted by Crippen LogP contribution is 2.30. The van der Waals surface area contributed by atoms with E-state index in [1.54, 1.807) is 6.20 Å². The lowest BCUT2D eigenvalue weighted by molar-refractivity contribution is -0.384. The summed E-state index contributed by atoms with van der Waals surface area (Å²) in [6.07, 6.45) is -2.76. The van der Waals surface area contributed by atoms with Gasteiger partial charge in [0.1, 0.15) is 18.3 Å². The Labute approximate surface area is 118 Å². The van der Waals surface area contributed by atoms with Gasteiger partial charge >= 0.3 is 0 Å². The summed E-state index contributed by atoms with van der Waals surface area (Å²) in [6, 6.07) is 4.21. The van der Waals surface area contributed by atoms with Crippen LogP contribution in [0.15, 0.2) is 24.4 Å². The van der Waals surface area contributed by atoms with Crippen molar-refractivity contribution in [3.05, 3.63) is 34.5 Å². The molecule has 0 radical (unpaired) electrons. The molecule has 112 valence electrons. The van der Waals surface area contributed by atoms with Gasteiger partial charge in [0.05, 0.1) is 17.0 Å². The molecule has 1 fully saturated rings. The fourth-order valence-corrected chi connectivity index (χ4v) is 2.37. The number of nitro benzene ring substituents is 1. The summed E-state index contributed by atoms with van der Waals surface area (Å²) in [6.45, 7) is -0.430. The molecule has 0 unspecified atom stereocenters. The van der Waals surface area contributed by atoms with Gasteiger partial charge in [-0.1, -0.05) is 0 Å². The number of fused-ring (bicyclic) bond motifs is 1. The normalized spacial score (nSPS) is 29.1. The summed E-state index contributed by atoms with van der Waals surface area (Å²) < 4.78 is 6.63. The van der Waals surface area contributed by atoms with E-state index in [0.717, 1.165) is 0 Å². The second kappa shape index (κ2) is 5.04. The number of aliphatic hydroxyl groups is 3. The van der Waals surface area contributed by atoms with Crippen molar-refractivity contribution in [2.75, 3.05) is 6.61 Å². The van der Waals surface area contributed by atoms with Crippen LogP contribution >= 0.6 is 0 Å². The number of ether oxygens (including phenoxy) is 1. The second-order valence-corrected chi connectivity index (χ2v) is 4.84. The zero-order valence-electron chi connectivity index (χ0n) is 10.7. The van der Waals surface area contributed by atoms with Crippen molar-refractivity contribution in [3.8, 4) is 0 Å². The average molecular weight is 295 g/mol. The van der Waals surface area contributed by atoms with Gasteiger partial charge < -0.3 is 20.1 Å². The smallest absolute Gasteiger partial charge is 0.271 e. The zero-order valence-corrected chi connectivity index (χ0v) is 10.7. The van der Waals surface area contributed by atoms with Crippen LogP contribution < -0.4 is 0 Å². The summed E-state index contributed by atoms with van der Waals surface area (Å²) in [7, 11) is 0. The lowest BCUT2D eigenvalue weighted by atomic mass is 10.1. The number of benzene rings is 1. The summed E-state index contributed by atoms with van der Waals surface area (Å²) in [4.78, 5) is 10.2. The summed E-state index contributed by atoms with van der Waals surface area (Å²) in [5.74, 6) is 0. The maximum absolute atomic E-state index is 10.7. The Balaban J connectivity index is 1.96. The second-order valence-electron chi connectivity index (χ2n) is 4.84. The molecule has 9 nitrogen and oxygen atoms in total. The van der Waals surface area contributed by atoms with E-state index in [2.05, 4.69) is 5.10 Å². The first-order valence-electron chi connectivity index (χ1n) is 6.27. The minimum Gasteiger partial charge on any atom is -0.394 e. The van der Waals surface area contributed by atoms with Crippen molar-refractivity contribution in [2.45, 2.75) is 24.5 Å². The van der Waals surface area contributed by atoms with Crippen LogP contribution in [0.4, 0.5) is 5.69 Å². The molecule has 1 aromatic carbocycles. The third-order valence-electron chi connectivity index (χ3n) is 3.50. The summed E-state index contributed by atoms with van der Waals surface area (Å²) >= 11 is 0. The quantitative estimate of drug-likeness (QED) is 0.516. The molecule has 9 heteroatoms. The molecule has 0 amide bonds. The Morgan fingerprint density at radius 1 is 1.38 bits per heavy atom. The van der Waals surface area contributed by atoms with E-state index in [9.17, 15) is 20.3 Å². The van der Waals surface area contributed by atoms with E-state index in [0.29, 0.717) is 10.9 Å². The first kappa shape index (κ1) is 13.9. The molecule has 4 atom stereocenters. The van der Waals surface area contributed by atoms with Crippen LogP contribution in [0.1, 0.15) is 6.23 Å². The van der Waals surface area contributed by atoms with Crippen molar-refractivity contribution in [1.82, 2.24) is 9.78 Å². The fourth-order valence-electron chi connectivity index (χ4n) is 2.37. The van der Waals surface area contributed by atoms with E-state index >= 15 is 0 Å². The Morgan fingerprint density at radius 2 is 2.14 bits per heavy atom. The van der Waals surface area contributed by atoms with Crippen molar-refractivity contribution < 1.29 is 25.0 Å². The van der Waals surface area contributed by atoms with Crippen LogP contribution in [-0.4, -0.2) is 54.9 Å². The predicted octanol–water partition coefficient (Wildman–Crippen LogP) is -0.444. The summed E-state index contributed by atoms with van der Waals surface area (Å²) in [5, 5.41) is 44.2. The first-order chi connectivity index (χ1) is 10.0. The van der Waals surface area contributed by atoms with Crippen molar-refractivity contribution in [1.29, 1.82) is 0 Å². The topological polar surface area (TPSA) is 131 Å². The first-order valence-corrected chi connectivity index (χ1v) is 6.27. The molecule has 3 rings (SSSR count). The third kappa shape index (κ3) is 2.25. The molecule has 2 heterocycles. The minimum atomic E-state index is -1.24. The van der Waals surface area contributed by atoms with Gasteiger partial charge in [0.25, 0.3) is 5.69 Å². The molecule has 0 bridgehead atoms. The average Bonchev–Trinajstić information content (AvgIpc) is 3.00. The number of non-ortho nitro benzene ring substituents is 1. The number of aromatic nitrogens is 2. The van der Waals surface area contributed by atoms with Gasteiger partial charge in [-0.15, -0.1) is 0 Å². The van der Waals surface area contributed by atoms with Gasteiger partial charge in [0.2, 0.25) is 0 Å². The standard InChI is InChI=1S/C12H13N3O6/c16-5-9-10(17)11(18)12(21-9)14-4-6-1-2-7(15(19)20)3-8(6)13-14/h1-4,9-12,16-18H,5H2/t9-,10+,11+,12-/m0/s1. The Morgan fingerprint density at radius 3 is 2.76 bits per heavy atom. The van der Waals surface area contributed by atoms with E-state index in [1.807, 2.05) is 0 Å². The Hall–Kier alpha value is -2.07. The van der Waals surface area contributed by atoms with Crippen LogP contribution in [0.2, 0.25) is 0 Å². The van der Waals surface area contributed by atoms with Crippen molar-refractivity contribution >= 4 is 16.6 Å². The monoisotopic (exact) mass is 295 g/mol. The Bertz CT molecular complexity index is 687. The number of rotatable bonds is 3. The SMILES string of the molecule is O=[N+]([O-])c1ccc2cn([C@H]3O[C@@H](CO)[C@@H](O)[C@H]3O)nc2c1. The molecule has 21 heavy (non-hydrogen) atoms. The highest BCUT2D eigenvalue weighted by Gasteiger charge is 2.43. The van der Waals surface area contributed by atoms with E-state index in [4.69, 9.17) is 9.84 Å². The minimum absolute atomic E-state index is 0.0890. The lowest BCUT2D eigenvalue weighted by Gasteiger charge is -2.14. The van der Waals surface area contributed by atoms with Crippen LogP contribution in [-0.2, 0) is 4.74 Å². The number of nitro groups is 1. The van der Waals surface area contributed by atoms with Crippen LogP contribution in [0, 0.1) is 10.1 Å². The molecule has 3 N–H and O–H groups in total. The molecule has 1 aromatic heterocycles. The van der Waals surface area contributed by atoms with Gasteiger partial charge in [-0.3, -0.25) is 10.1 Å². The molecule has 1 aliphatic heterocycles. The van der Waals surface area contributed by atoms with Gasteiger partial charge in [-0.25, -0.2) is 4.68 Å². The number of nitrogens with zero attached hydrogens (tertiary/aromatic N) is 3. The van der Waals surface area contributed by atoms with Crippen LogP contribution in [0.3, 0.4) is 0 Å². The predicted molar refractivity (Wildman–Crippen MR) is 69.4 cm³/mol. The van der Waals surface area contributed by atoms with Gasteiger partial charge in [0.15, 0.2) is 6.23 Å². The van der Waals surface area contributed by atoms with Gasteiger partial charge in [-0.05, 0) is 6.07 Å². The van der Waals surface area contributed by atoms with Crippen LogP contribution in [0.25, 0.3) is 10.9 Å². The van der Waals surface area contributed by atoms with E-state index < -0.39 is 36.1 Å². The molecule has 0 spiro atoms. The highest BCUT2D eigenvalue weighted by atomic mass is 16.6. The molecular weight excluding hydrogens is 282 g/mol. The highest BCUT2D eigenvalue weighted by molar-refractivity contribution is 5.80. The molecule has 0 aliphatic carbocycles. The van der Waals surface area contributed by atoms with Gasteiger partial charge in [-0.2, -0.15) is 5.10 Å². The molecular formula is C12H13N3O6. The van der Waals surface area contributed by atoms with Crippen molar-refractivity contribution in [3.63, 3.8) is 0 Å². The maximum atomic E-state index is 10.7. The van der Waals surface area contributed by atoms with E-state index in [-0.39, 0.29) is 5.69 Å². The fraction of sp³-hybridized carbons (Fsp3) is 0.417. The number of hydrogen-bond acceptors (Lipinski definition) is 7. The van der Waals surface area contributed by atoms with E-state index in [1.165, 1.54) is 22.9 Å². The van der Waals surface area contributed by atoms with Crippen LogP contribution in [0.5, 0.6) is 0 Å². The Kier molecular flexibility index (Phi) is 3.33. The molecule has 1 saturated heterocycles. The number of aliphatic hydroxyl groups excluding tert-OH is 3. The molecule has 2 aromatic rings. The zero-order chi connectivity index (χ0) is 15.1. The third-order valence-corrected chi connectivity index (χ3v) is 3.50. The molecule has 0 saturated carbocycles. The van der Waals surface area contributed by atoms with Gasteiger partial charge in [0, 0.05) is 23.7 Å². The maximum Gasteiger partial charge on any atom is 0.271 e. The largest absolute Gasteiger partial charge is 0.394 e. The number of hydrogen-bond donors (Lipinski definition) is 3. The lowest BCUT2D eigenvalue weighted by Crippen LogP contribution is -2.33. The van der Waals surface area contributed by atoms with Crippen molar-refractivity contribution in [2.24, 2.45) is 0 Å².